The number of nitrogens with zero attached hydrogens (tertiary/aromatic N) is 1. The Hall–Kier alpha value is -1.62. The average molecular weight is 266 g/mol. The van der Waals surface area contributed by atoms with Crippen LogP contribution in [0, 0.1) is 5.82 Å². The van der Waals surface area contributed by atoms with Gasteiger partial charge < -0.3 is 15.4 Å². The molecule has 1 saturated carbocycles. The molecule has 1 aliphatic carbocycles. The van der Waals surface area contributed by atoms with Crippen LogP contribution in [-0.4, -0.2) is 37.0 Å². The van der Waals surface area contributed by atoms with E-state index < -0.39 is 5.82 Å². The number of nitrogens with two attached hydrogens (primary N) is 1. The van der Waals surface area contributed by atoms with Crippen LogP contribution in [0.2, 0.25) is 0 Å². The van der Waals surface area contributed by atoms with Gasteiger partial charge in [-0.3, -0.25) is 4.79 Å². The summed E-state index contributed by atoms with van der Waals surface area (Å²) in [4.78, 5) is 14.1. The van der Waals surface area contributed by atoms with Crippen molar-refractivity contribution >= 4 is 5.91 Å². The molecule has 0 aliphatic heterocycles. The lowest BCUT2D eigenvalue weighted by atomic mass is 9.91. The van der Waals surface area contributed by atoms with Crippen LogP contribution in [0.15, 0.2) is 18.2 Å². The molecule has 104 valence electrons. The van der Waals surface area contributed by atoms with Crippen LogP contribution in [-0.2, 0) is 0 Å². The Balaban J connectivity index is 2.18. The molecule has 1 aromatic carbocycles. The first kappa shape index (κ1) is 13.8. The fourth-order valence-corrected chi connectivity index (χ4v) is 2.25. The highest BCUT2D eigenvalue weighted by atomic mass is 19.1. The normalized spacial score (nSPS) is 14.9. The Morgan fingerprint density at radius 3 is 2.74 bits per heavy atom. The summed E-state index contributed by atoms with van der Waals surface area (Å²) < 4.78 is 18.5. The number of halogens is 1. The fourth-order valence-electron chi connectivity index (χ4n) is 2.25. The molecule has 4 nitrogen and oxygen atoms in total. The minimum Gasteiger partial charge on any atom is -0.494 e. The zero-order chi connectivity index (χ0) is 13.8. The highest BCUT2D eigenvalue weighted by Gasteiger charge is 2.29. The van der Waals surface area contributed by atoms with E-state index in [2.05, 4.69) is 0 Å². The van der Waals surface area contributed by atoms with Crippen molar-refractivity contribution < 1.29 is 13.9 Å². The molecule has 0 heterocycles. The highest BCUT2D eigenvalue weighted by molar-refractivity contribution is 5.94. The summed E-state index contributed by atoms with van der Waals surface area (Å²) in [7, 11) is 1.40. The third kappa shape index (κ3) is 2.87. The minimum atomic E-state index is -0.519. The Morgan fingerprint density at radius 1 is 1.53 bits per heavy atom. The molecule has 1 amide bonds. The molecule has 1 aliphatic rings. The molecule has 2 N–H and O–H groups in total. The molecule has 0 spiro atoms. The maximum atomic E-state index is 13.6. The van der Waals surface area contributed by atoms with Gasteiger partial charge in [-0.15, -0.1) is 0 Å². The molecule has 0 unspecified atom stereocenters. The maximum absolute atomic E-state index is 13.6. The second-order valence-corrected chi connectivity index (χ2v) is 4.72. The van der Waals surface area contributed by atoms with Gasteiger partial charge in [-0.2, -0.15) is 0 Å². The van der Waals surface area contributed by atoms with Crippen molar-refractivity contribution in [1.29, 1.82) is 0 Å². The van der Waals surface area contributed by atoms with E-state index in [9.17, 15) is 9.18 Å². The van der Waals surface area contributed by atoms with E-state index in [4.69, 9.17) is 10.5 Å². The summed E-state index contributed by atoms with van der Waals surface area (Å²) in [5, 5.41) is 0. The SMILES string of the molecule is COc1ccc(C(=O)N(CCN)C2CCC2)cc1F. The van der Waals surface area contributed by atoms with Crippen LogP contribution in [0.3, 0.4) is 0 Å². The van der Waals surface area contributed by atoms with Gasteiger partial charge in [-0.05, 0) is 37.5 Å². The van der Waals surface area contributed by atoms with Crippen molar-refractivity contribution in [1.82, 2.24) is 4.90 Å². The lowest BCUT2D eigenvalue weighted by Gasteiger charge is -2.37. The Kier molecular flexibility index (Phi) is 4.37. The van der Waals surface area contributed by atoms with Gasteiger partial charge in [0.1, 0.15) is 0 Å². The number of ether oxygens (including phenoxy) is 1. The van der Waals surface area contributed by atoms with Gasteiger partial charge in [-0.1, -0.05) is 0 Å². The molecule has 0 radical (unpaired) electrons. The predicted octanol–water partition coefficient (Wildman–Crippen LogP) is 1.79. The van der Waals surface area contributed by atoms with Crippen molar-refractivity contribution in [2.24, 2.45) is 5.73 Å². The van der Waals surface area contributed by atoms with Crippen LogP contribution in [0.1, 0.15) is 29.6 Å². The summed E-state index contributed by atoms with van der Waals surface area (Å²) in [6.45, 7) is 0.929. The zero-order valence-corrected chi connectivity index (χ0v) is 11.1. The highest BCUT2D eigenvalue weighted by Crippen LogP contribution is 2.27. The standard InChI is InChI=1S/C14H19FN2O2/c1-19-13-6-5-10(9-12(13)15)14(18)17(8-7-16)11-3-2-4-11/h5-6,9,11H,2-4,7-8,16H2,1H3. The Morgan fingerprint density at radius 2 is 2.26 bits per heavy atom. The maximum Gasteiger partial charge on any atom is 0.254 e. The van der Waals surface area contributed by atoms with E-state index in [0.717, 1.165) is 19.3 Å². The van der Waals surface area contributed by atoms with E-state index in [1.807, 2.05) is 0 Å². The lowest BCUT2D eigenvalue weighted by molar-refractivity contribution is 0.0588. The lowest BCUT2D eigenvalue weighted by Crippen LogP contribution is -2.46. The number of hydrogen-bond acceptors (Lipinski definition) is 3. The van der Waals surface area contributed by atoms with Crippen molar-refractivity contribution in [3.63, 3.8) is 0 Å². The van der Waals surface area contributed by atoms with Gasteiger partial charge in [0.15, 0.2) is 11.6 Å². The first-order valence-corrected chi connectivity index (χ1v) is 6.52. The van der Waals surface area contributed by atoms with E-state index in [-0.39, 0.29) is 17.7 Å². The predicted molar refractivity (Wildman–Crippen MR) is 70.7 cm³/mol. The number of carbonyl (C=O) groups excluding carboxylic acids is 1. The van der Waals surface area contributed by atoms with Crippen LogP contribution in [0.4, 0.5) is 4.39 Å². The molecule has 0 aromatic heterocycles. The van der Waals surface area contributed by atoms with Gasteiger partial charge in [0.05, 0.1) is 7.11 Å². The van der Waals surface area contributed by atoms with Crippen LogP contribution < -0.4 is 10.5 Å². The topological polar surface area (TPSA) is 55.6 Å². The fraction of sp³-hybridized carbons (Fsp3) is 0.500. The number of methoxy groups -OCH3 is 1. The van der Waals surface area contributed by atoms with Crippen LogP contribution in [0.25, 0.3) is 0 Å². The van der Waals surface area contributed by atoms with Crippen molar-refractivity contribution in [2.45, 2.75) is 25.3 Å². The zero-order valence-electron chi connectivity index (χ0n) is 11.1. The Labute approximate surface area is 112 Å². The molecular weight excluding hydrogens is 247 g/mol. The van der Waals surface area contributed by atoms with Gasteiger partial charge >= 0.3 is 0 Å². The van der Waals surface area contributed by atoms with Crippen molar-refractivity contribution in [3.8, 4) is 5.75 Å². The second kappa shape index (κ2) is 6.02. The number of rotatable bonds is 5. The molecule has 0 atom stereocenters. The van der Waals surface area contributed by atoms with E-state index in [1.54, 1.807) is 11.0 Å². The summed E-state index contributed by atoms with van der Waals surface area (Å²) in [5.74, 6) is -0.531. The minimum absolute atomic E-state index is 0.144. The summed E-state index contributed by atoms with van der Waals surface area (Å²) in [6.07, 6.45) is 3.14. The summed E-state index contributed by atoms with van der Waals surface area (Å²) in [5.41, 5.74) is 5.90. The van der Waals surface area contributed by atoms with Gasteiger partial charge in [0.25, 0.3) is 5.91 Å². The molecule has 2 rings (SSSR count). The third-order valence-corrected chi connectivity index (χ3v) is 3.55. The third-order valence-electron chi connectivity index (χ3n) is 3.55. The molecule has 0 bridgehead atoms. The van der Waals surface area contributed by atoms with Crippen LogP contribution >= 0.6 is 0 Å². The van der Waals surface area contributed by atoms with Gasteiger partial charge in [0, 0.05) is 24.7 Å². The smallest absolute Gasteiger partial charge is 0.254 e. The first-order valence-electron chi connectivity index (χ1n) is 6.52. The van der Waals surface area contributed by atoms with Gasteiger partial charge in [-0.25, -0.2) is 4.39 Å². The van der Waals surface area contributed by atoms with E-state index in [1.165, 1.54) is 19.2 Å². The van der Waals surface area contributed by atoms with Gasteiger partial charge in [0.2, 0.25) is 0 Å². The summed E-state index contributed by atoms with van der Waals surface area (Å²) >= 11 is 0. The van der Waals surface area contributed by atoms with E-state index in [0.29, 0.717) is 18.7 Å². The molecule has 1 fully saturated rings. The monoisotopic (exact) mass is 266 g/mol. The van der Waals surface area contributed by atoms with Crippen molar-refractivity contribution in [2.75, 3.05) is 20.2 Å². The number of hydrogen-bond donors (Lipinski definition) is 1. The number of benzene rings is 1. The largest absolute Gasteiger partial charge is 0.494 e. The van der Waals surface area contributed by atoms with E-state index >= 15 is 0 Å². The molecule has 1 aromatic rings. The quantitative estimate of drug-likeness (QED) is 0.884. The average Bonchev–Trinajstić information content (AvgIpc) is 2.35. The number of carbonyl (C=O) groups is 1. The number of amides is 1. The summed E-state index contributed by atoms with van der Waals surface area (Å²) in [6, 6.07) is 4.54. The van der Waals surface area contributed by atoms with Crippen molar-refractivity contribution in [3.05, 3.63) is 29.6 Å². The molecular formula is C14H19FN2O2. The molecule has 19 heavy (non-hydrogen) atoms. The first-order chi connectivity index (χ1) is 9.17. The Bertz CT molecular complexity index is 461. The van der Waals surface area contributed by atoms with Crippen LogP contribution in [0.5, 0.6) is 5.75 Å². The second-order valence-electron chi connectivity index (χ2n) is 4.72. The molecule has 5 heteroatoms. The molecule has 0 saturated heterocycles.